The Morgan fingerprint density at radius 3 is 2.06 bits per heavy atom. The highest BCUT2D eigenvalue weighted by Gasteiger charge is 2.45. The molecule has 10 rings (SSSR count). The first kappa shape index (κ1) is 65.4. The molecule has 8 amide bonds. The summed E-state index contributed by atoms with van der Waals surface area (Å²) in [4.78, 5) is 117. The fraction of sp³-hybridized carbons (Fsp3) is 0.329. The molecule has 5 aromatic carbocycles. The quantitative estimate of drug-likeness (QED) is 0.0207. The molecular weight excluding hydrogens is 1190 g/mol. The number of benzene rings is 5. The van der Waals surface area contributed by atoms with Crippen molar-refractivity contribution in [1.29, 1.82) is 0 Å². The smallest absolute Gasteiger partial charge is 0.416 e. The maximum Gasteiger partial charge on any atom is 0.416 e. The van der Waals surface area contributed by atoms with Crippen molar-refractivity contribution in [2.24, 2.45) is 0 Å². The SMILES string of the molecule is C=C(C)[C@H](NC(=O)CCCCCN1C(=O)C=CC1=O)C(=O)N[C@@H](C)C(=O)Nc1ccc(COC(=O)N2c3cc(OCc4cccc(COc5cc6c(cc5OC)C(=O)N(Cc5ccccc5CC)CCN6)n4)c(OC)cc3C(=O)N3Cc4ccccc4CC3C2O)cc1. The number of methoxy groups -OCH3 is 2. The number of aromatic nitrogens is 1. The molecule has 93 heavy (non-hydrogen) atoms. The number of hydrogen-bond donors (Lipinski definition) is 5. The van der Waals surface area contributed by atoms with Crippen molar-refractivity contribution in [1.82, 2.24) is 30.3 Å². The molecule has 484 valence electrons. The van der Waals surface area contributed by atoms with Crippen LogP contribution in [0.15, 0.2) is 140 Å². The number of carbonyl (C=O) groups is 8. The van der Waals surface area contributed by atoms with Crippen LogP contribution in [0.4, 0.5) is 21.9 Å². The van der Waals surface area contributed by atoms with E-state index in [0.29, 0.717) is 89.9 Å². The highest BCUT2D eigenvalue weighted by atomic mass is 16.6. The third-order valence-electron chi connectivity index (χ3n) is 16.7. The van der Waals surface area contributed by atoms with E-state index in [0.717, 1.165) is 32.9 Å². The number of anilines is 3. The molecule has 6 aromatic rings. The van der Waals surface area contributed by atoms with Gasteiger partial charge in [-0.3, -0.25) is 43.4 Å². The molecule has 4 aliphatic rings. The van der Waals surface area contributed by atoms with Gasteiger partial charge in [0.05, 0.1) is 54.2 Å². The maximum atomic E-state index is 14.8. The summed E-state index contributed by atoms with van der Waals surface area (Å²) in [5, 5.41) is 23.8. The summed E-state index contributed by atoms with van der Waals surface area (Å²) in [7, 11) is 2.94. The van der Waals surface area contributed by atoms with Gasteiger partial charge < -0.3 is 59.9 Å². The zero-order valence-corrected chi connectivity index (χ0v) is 52.5. The molecule has 0 saturated heterocycles. The predicted molar refractivity (Wildman–Crippen MR) is 344 cm³/mol. The normalized spacial score (nSPS) is 16.3. The van der Waals surface area contributed by atoms with E-state index >= 15 is 0 Å². The van der Waals surface area contributed by atoms with E-state index in [1.165, 1.54) is 51.0 Å². The molecule has 2 unspecified atom stereocenters. The number of aliphatic hydroxyl groups excluding tert-OH is 1. The zero-order chi connectivity index (χ0) is 65.9. The number of rotatable bonds is 25. The third kappa shape index (κ3) is 15.3. The number of hydrogen-bond acceptors (Lipinski definition) is 16. The lowest BCUT2D eigenvalue weighted by molar-refractivity contribution is -0.137. The Kier molecular flexibility index (Phi) is 20.8. The van der Waals surface area contributed by atoms with Gasteiger partial charge in [0.15, 0.2) is 29.2 Å². The minimum atomic E-state index is -1.60. The standard InChI is InChI=1S/C70H75N9O14/c1-7-45-16-10-12-18-47(45)37-76-31-29-71-54-35-59(57(89-5)33-52(54)67(76)85)91-40-50-20-15-21-51(73-50)41-92-60-36-55-53(34-58(60)90-6)68(86)78-38-48-19-13-11-17-46(48)32-56(78)69(87)79(55)70(88)93-39-44-23-25-49(26-24-44)74-65(83)43(4)72-66(84)64(42(2)3)75-61(80)22-9-8-14-30-77-62(81)27-28-63(77)82/h10-13,15-21,23-28,33-36,43,56,64,69,71,87H,2,7-9,14,22,29-32,37-41H2,1,3-6H3,(H,72,84)(H,74,83)(H,75,80)/t43-,56?,64-,69?/m0/s1. The van der Waals surface area contributed by atoms with Gasteiger partial charge in [0.2, 0.25) is 17.7 Å². The van der Waals surface area contributed by atoms with Gasteiger partial charge in [0, 0.05) is 69.1 Å². The second-order valence-corrected chi connectivity index (χ2v) is 23.1. The molecule has 1 aromatic heterocycles. The second kappa shape index (κ2) is 29.6. The molecule has 4 atom stereocenters. The van der Waals surface area contributed by atoms with Crippen molar-refractivity contribution >= 4 is 64.5 Å². The van der Waals surface area contributed by atoms with Crippen LogP contribution < -0.4 is 45.1 Å². The number of nitrogens with zero attached hydrogens (tertiary/aromatic N) is 5. The molecule has 23 heteroatoms. The molecule has 0 aliphatic carbocycles. The lowest BCUT2D eigenvalue weighted by Gasteiger charge is -2.39. The Morgan fingerprint density at radius 1 is 0.731 bits per heavy atom. The first-order chi connectivity index (χ1) is 44.9. The fourth-order valence-electron chi connectivity index (χ4n) is 11.6. The van der Waals surface area contributed by atoms with Crippen molar-refractivity contribution in [3.63, 3.8) is 0 Å². The molecule has 0 spiro atoms. The van der Waals surface area contributed by atoms with Crippen LogP contribution in [-0.2, 0) is 74.5 Å². The first-order valence-corrected chi connectivity index (χ1v) is 30.9. The number of fused-ring (bicyclic) bond motifs is 4. The number of unbranched alkanes of at least 4 members (excludes halogenated alkanes) is 2. The number of aliphatic hydroxyl groups is 1. The average molecular weight is 1270 g/mol. The number of aryl methyl sites for hydroxylation is 1. The topological polar surface area (TPSA) is 277 Å². The van der Waals surface area contributed by atoms with Crippen LogP contribution in [0.25, 0.3) is 0 Å². The number of imide groups is 1. The molecule has 0 fully saturated rings. The third-order valence-corrected chi connectivity index (χ3v) is 16.7. The van der Waals surface area contributed by atoms with Gasteiger partial charge in [-0.25, -0.2) is 9.69 Å². The molecule has 4 aliphatic heterocycles. The van der Waals surface area contributed by atoms with E-state index in [2.05, 4.69) is 46.9 Å². The van der Waals surface area contributed by atoms with Crippen LogP contribution in [0.5, 0.6) is 23.0 Å². The molecule has 0 radical (unpaired) electrons. The molecule has 23 nitrogen and oxygen atoms in total. The van der Waals surface area contributed by atoms with Gasteiger partial charge in [-0.1, -0.05) is 86.7 Å². The van der Waals surface area contributed by atoms with E-state index in [9.17, 15) is 43.5 Å². The summed E-state index contributed by atoms with van der Waals surface area (Å²) in [6, 6.07) is 30.9. The highest BCUT2D eigenvalue weighted by Crippen LogP contribution is 2.42. The summed E-state index contributed by atoms with van der Waals surface area (Å²) in [6.07, 6.45) is 2.58. The summed E-state index contributed by atoms with van der Waals surface area (Å²) < 4.78 is 30.2. The van der Waals surface area contributed by atoms with Crippen LogP contribution in [-0.4, -0.2) is 130 Å². The highest BCUT2D eigenvalue weighted by molar-refractivity contribution is 6.13. The Morgan fingerprint density at radius 2 is 1.39 bits per heavy atom. The van der Waals surface area contributed by atoms with Crippen LogP contribution in [0, 0.1) is 0 Å². The van der Waals surface area contributed by atoms with E-state index in [1.807, 2.05) is 41.3 Å². The van der Waals surface area contributed by atoms with Crippen molar-refractivity contribution in [3.8, 4) is 23.0 Å². The van der Waals surface area contributed by atoms with Gasteiger partial charge in [0.1, 0.15) is 31.9 Å². The lowest BCUT2D eigenvalue weighted by atomic mass is 9.93. The summed E-state index contributed by atoms with van der Waals surface area (Å²) in [6.45, 7) is 10.6. The summed E-state index contributed by atoms with van der Waals surface area (Å²) in [5.74, 6) is -1.83. The summed E-state index contributed by atoms with van der Waals surface area (Å²) in [5.41, 5.74) is 7.51. The number of nitrogens with one attached hydrogen (secondary N) is 4. The van der Waals surface area contributed by atoms with Crippen molar-refractivity contribution < 1.29 is 67.1 Å². The van der Waals surface area contributed by atoms with Crippen molar-refractivity contribution in [3.05, 3.63) is 190 Å². The number of amides is 8. The minimum absolute atomic E-state index is 0.0105. The Bertz CT molecular complexity index is 3870. The Labute approximate surface area is 538 Å². The predicted octanol–water partition coefficient (Wildman–Crippen LogP) is 7.92. The largest absolute Gasteiger partial charge is 0.493 e. The zero-order valence-electron chi connectivity index (χ0n) is 52.5. The number of ether oxygens (including phenoxy) is 5. The number of carbonyl (C=O) groups excluding carboxylic acids is 8. The first-order valence-electron chi connectivity index (χ1n) is 30.9. The monoisotopic (exact) mass is 1270 g/mol. The number of pyridine rings is 1. The van der Waals surface area contributed by atoms with Crippen LogP contribution in [0.2, 0.25) is 0 Å². The fourth-order valence-corrected chi connectivity index (χ4v) is 11.6. The molecular formula is C70H75N9O14. The van der Waals surface area contributed by atoms with E-state index in [1.54, 1.807) is 66.4 Å². The minimum Gasteiger partial charge on any atom is -0.493 e. The second-order valence-electron chi connectivity index (χ2n) is 23.1. The van der Waals surface area contributed by atoms with Gasteiger partial charge in [-0.05, 0) is 109 Å². The van der Waals surface area contributed by atoms with Gasteiger partial charge >= 0.3 is 6.09 Å². The van der Waals surface area contributed by atoms with Crippen LogP contribution in [0.3, 0.4) is 0 Å². The lowest BCUT2D eigenvalue weighted by Crippen LogP contribution is -2.55. The molecule has 5 heterocycles. The molecule has 0 bridgehead atoms. The van der Waals surface area contributed by atoms with Crippen molar-refractivity contribution in [2.45, 2.75) is 117 Å². The summed E-state index contributed by atoms with van der Waals surface area (Å²) >= 11 is 0. The van der Waals surface area contributed by atoms with E-state index in [-0.39, 0.29) is 86.2 Å². The van der Waals surface area contributed by atoms with Gasteiger partial charge in [0.25, 0.3) is 23.6 Å². The van der Waals surface area contributed by atoms with Crippen LogP contribution in [0.1, 0.15) is 106 Å². The van der Waals surface area contributed by atoms with Crippen molar-refractivity contribution in [2.75, 3.05) is 49.4 Å². The van der Waals surface area contributed by atoms with E-state index in [4.69, 9.17) is 28.7 Å². The van der Waals surface area contributed by atoms with Gasteiger partial charge in [-0.15, -0.1) is 0 Å². The van der Waals surface area contributed by atoms with E-state index < -0.39 is 54.1 Å². The Hall–Kier alpha value is -10.6. The maximum absolute atomic E-state index is 14.8. The van der Waals surface area contributed by atoms with Gasteiger partial charge in [-0.2, -0.15) is 0 Å². The Balaban J connectivity index is 0.780. The molecule has 0 saturated carbocycles. The average Bonchev–Trinajstić information content (AvgIpc) is 1.65. The van der Waals surface area contributed by atoms with Crippen LogP contribution >= 0.6 is 0 Å². The molecule has 5 N–H and O–H groups in total.